The van der Waals surface area contributed by atoms with E-state index in [1.54, 1.807) is 0 Å². The summed E-state index contributed by atoms with van der Waals surface area (Å²) in [5, 5.41) is 10.3. The standard InChI is InChI=1S/C42H31B/c1-28-22-24-30-12-3-9-20-38(30)41(28)43(42-29(2)23-25-31-13-4-10-21-39(31)42)35-17-11-16-34(27-35)40-36-18-7-5-14-32(36)26-33-15-6-8-19-37(33)40/h3-27H,1-2H3. The Balaban J connectivity index is 1.47. The van der Waals surface area contributed by atoms with E-state index in [2.05, 4.69) is 166 Å². The molecule has 0 N–H and O–H groups in total. The minimum Gasteiger partial charge on any atom is -0.0680 e. The van der Waals surface area contributed by atoms with Gasteiger partial charge >= 0.3 is 0 Å². The molecule has 43 heavy (non-hydrogen) atoms. The Hall–Kier alpha value is -5.14. The van der Waals surface area contributed by atoms with Gasteiger partial charge in [0.1, 0.15) is 0 Å². The Morgan fingerprint density at radius 1 is 0.372 bits per heavy atom. The number of aryl methyl sites for hydroxylation is 2. The van der Waals surface area contributed by atoms with Crippen molar-refractivity contribution >= 4 is 66.2 Å². The van der Waals surface area contributed by atoms with Gasteiger partial charge in [-0.1, -0.05) is 173 Å². The maximum atomic E-state index is 2.46. The molecule has 0 radical (unpaired) electrons. The van der Waals surface area contributed by atoms with Gasteiger partial charge in [0.05, 0.1) is 0 Å². The molecule has 8 aromatic carbocycles. The molecule has 0 bridgehead atoms. The Kier molecular flexibility index (Phi) is 6.12. The molecular weight excluding hydrogens is 515 g/mol. The maximum absolute atomic E-state index is 2.46. The first-order chi connectivity index (χ1) is 21.2. The van der Waals surface area contributed by atoms with E-state index in [-0.39, 0.29) is 6.71 Å². The first-order valence-electron chi connectivity index (χ1n) is 15.1. The summed E-state index contributed by atoms with van der Waals surface area (Å²) in [4.78, 5) is 0. The Bertz CT molecular complexity index is 2190. The number of hydrogen-bond donors (Lipinski definition) is 0. The molecule has 8 aromatic rings. The molecule has 0 unspecified atom stereocenters. The first-order valence-corrected chi connectivity index (χ1v) is 15.1. The monoisotopic (exact) mass is 546 g/mol. The van der Waals surface area contributed by atoms with Crippen molar-refractivity contribution in [3.63, 3.8) is 0 Å². The van der Waals surface area contributed by atoms with Crippen LogP contribution in [0.3, 0.4) is 0 Å². The van der Waals surface area contributed by atoms with Crippen LogP contribution in [0.4, 0.5) is 0 Å². The van der Waals surface area contributed by atoms with E-state index >= 15 is 0 Å². The SMILES string of the molecule is Cc1ccc2ccccc2c1B(c1cccc(-c2c3ccccc3cc3ccccc23)c1)c1c(C)ccc2ccccc12. The predicted octanol–water partition coefficient (Wildman–Crippen LogP) is 9.10. The third kappa shape index (κ3) is 4.24. The third-order valence-electron chi connectivity index (χ3n) is 9.23. The van der Waals surface area contributed by atoms with Crippen molar-refractivity contribution in [2.45, 2.75) is 13.8 Å². The van der Waals surface area contributed by atoms with E-state index < -0.39 is 0 Å². The molecule has 0 nitrogen and oxygen atoms in total. The van der Waals surface area contributed by atoms with Crippen LogP contribution in [0.5, 0.6) is 0 Å². The molecule has 0 spiro atoms. The van der Waals surface area contributed by atoms with Crippen molar-refractivity contribution in [1.82, 2.24) is 0 Å². The highest BCUT2D eigenvalue weighted by molar-refractivity contribution is 6.98. The van der Waals surface area contributed by atoms with Crippen molar-refractivity contribution in [2.75, 3.05) is 0 Å². The van der Waals surface area contributed by atoms with E-state index in [9.17, 15) is 0 Å². The zero-order valence-corrected chi connectivity index (χ0v) is 24.5. The van der Waals surface area contributed by atoms with E-state index in [0.29, 0.717) is 0 Å². The van der Waals surface area contributed by atoms with Gasteiger partial charge in [-0.25, -0.2) is 0 Å². The van der Waals surface area contributed by atoms with Crippen LogP contribution in [0.15, 0.2) is 152 Å². The van der Waals surface area contributed by atoms with E-state index in [1.807, 2.05) is 0 Å². The zero-order valence-electron chi connectivity index (χ0n) is 24.5. The Labute approximate surface area is 253 Å². The van der Waals surface area contributed by atoms with Crippen LogP contribution in [-0.2, 0) is 0 Å². The fourth-order valence-corrected chi connectivity index (χ4v) is 7.25. The largest absolute Gasteiger partial charge is 0.243 e. The molecule has 0 saturated heterocycles. The van der Waals surface area contributed by atoms with Gasteiger partial charge in [0.25, 0.3) is 0 Å². The molecular formula is C42H31B. The third-order valence-corrected chi connectivity index (χ3v) is 9.23. The summed E-state index contributed by atoms with van der Waals surface area (Å²) in [6.07, 6.45) is 0. The highest BCUT2D eigenvalue weighted by atomic mass is 14.2. The van der Waals surface area contributed by atoms with E-state index in [0.717, 1.165) is 0 Å². The maximum Gasteiger partial charge on any atom is 0.243 e. The normalized spacial score (nSPS) is 11.5. The molecule has 0 aliphatic carbocycles. The fraction of sp³-hybridized carbons (Fsp3) is 0.0476. The first kappa shape index (κ1) is 25.6. The van der Waals surface area contributed by atoms with Crippen LogP contribution in [-0.4, -0.2) is 6.71 Å². The minimum atomic E-state index is 0.0680. The zero-order chi connectivity index (χ0) is 28.9. The molecule has 8 rings (SSSR count). The molecule has 0 aromatic heterocycles. The lowest BCUT2D eigenvalue weighted by atomic mass is 9.34. The van der Waals surface area contributed by atoms with Gasteiger partial charge < -0.3 is 0 Å². The molecule has 0 aliphatic rings. The number of benzene rings is 8. The summed E-state index contributed by atoms with van der Waals surface area (Å²) < 4.78 is 0. The summed E-state index contributed by atoms with van der Waals surface area (Å²) in [5.74, 6) is 0. The molecule has 1 heteroatoms. The van der Waals surface area contributed by atoms with Crippen molar-refractivity contribution in [3.8, 4) is 11.1 Å². The molecule has 0 aliphatic heterocycles. The van der Waals surface area contributed by atoms with Crippen molar-refractivity contribution in [2.24, 2.45) is 0 Å². The predicted molar refractivity (Wildman–Crippen MR) is 189 cm³/mol. The highest BCUT2D eigenvalue weighted by Gasteiger charge is 2.29. The lowest BCUT2D eigenvalue weighted by Crippen LogP contribution is -2.54. The van der Waals surface area contributed by atoms with Crippen LogP contribution >= 0.6 is 0 Å². The minimum absolute atomic E-state index is 0.0680. The second-order valence-electron chi connectivity index (χ2n) is 11.8. The van der Waals surface area contributed by atoms with Crippen LogP contribution in [0.2, 0.25) is 0 Å². The van der Waals surface area contributed by atoms with Crippen LogP contribution in [0.1, 0.15) is 11.1 Å². The molecule has 0 amide bonds. The van der Waals surface area contributed by atoms with E-state index in [1.165, 1.54) is 81.7 Å². The van der Waals surface area contributed by atoms with Crippen LogP contribution in [0.25, 0.3) is 54.2 Å². The molecule has 0 heterocycles. The Morgan fingerprint density at radius 2 is 0.837 bits per heavy atom. The van der Waals surface area contributed by atoms with Crippen LogP contribution in [0, 0.1) is 13.8 Å². The average Bonchev–Trinajstić information content (AvgIpc) is 3.05. The molecule has 202 valence electrons. The summed E-state index contributed by atoms with van der Waals surface area (Å²) in [6.45, 7) is 4.62. The smallest absolute Gasteiger partial charge is 0.0680 e. The van der Waals surface area contributed by atoms with Gasteiger partial charge in [-0.15, -0.1) is 0 Å². The number of fused-ring (bicyclic) bond motifs is 4. The number of hydrogen-bond acceptors (Lipinski definition) is 0. The summed E-state index contributed by atoms with van der Waals surface area (Å²) in [6, 6.07) is 56.1. The van der Waals surface area contributed by atoms with Crippen molar-refractivity contribution in [3.05, 3.63) is 163 Å². The number of rotatable bonds is 4. The molecule has 0 atom stereocenters. The van der Waals surface area contributed by atoms with Gasteiger partial charge in [0.2, 0.25) is 6.71 Å². The quantitative estimate of drug-likeness (QED) is 0.153. The summed E-state index contributed by atoms with van der Waals surface area (Å²) in [5.41, 5.74) is 9.28. The van der Waals surface area contributed by atoms with Gasteiger partial charge in [0, 0.05) is 0 Å². The highest BCUT2D eigenvalue weighted by Crippen LogP contribution is 2.36. The molecule has 0 saturated carbocycles. The van der Waals surface area contributed by atoms with Gasteiger partial charge in [-0.2, -0.15) is 0 Å². The second kappa shape index (κ2) is 10.3. The second-order valence-corrected chi connectivity index (χ2v) is 11.8. The van der Waals surface area contributed by atoms with Crippen molar-refractivity contribution in [1.29, 1.82) is 0 Å². The lowest BCUT2D eigenvalue weighted by Gasteiger charge is -2.24. The van der Waals surface area contributed by atoms with Gasteiger partial charge in [0.15, 0.2) is 0 Å². The fourth-order valence-electron chi connectivity index (χ4n) is 7.25. The lowest BCUT2D eigenvalue weighted by molar-refractivity contribution is 1.52. The average molecular weight is 547 g/mol. The van der Waals surface area contributed by atoms with E-state index in [4.69, 9.17) is 0 Å². The molecule has 0 fully saturated rings. The van der Waals surface area contributed by atoms with Crippen LogP contribution < -0.4 is 16.4 Å². The van der Waals surface area contributed by atoms with Gasteiger partial charge in [-0.3, -0.25) is 0 Å². The van der Waals surface area contributed by atoms with Gasteiger partial charge in [-0.05, 0) is 74.1 Å². The summed E-state index contributed by atoms with van der Waals surface area (Å²) in [7, 11) is 0. The topological polar surface area (TPSA) is 0 Å². The van der Waals surface area contributed by atoms with Crippen molar-refractivity contribution < 1.29 is 0 Å². The summed E-state index contributed by atoms with van der Waals surface area (Å²) >= 11 is 0. The Morgan fingerprint density at radius 3 is 1.37 bits per heavy atom.